The molecule has 2 aromatic rings. The molecule has 1 aliphatic heterocycles. The molecule has 1 N–H and O–H groups in total. The van der Waals surface area contributed by atoms with E-state index in [1.165, 1.54) is 0 Å². The summed E-state index contributed by atoms with van der Waals surface area (Å²) in [6.45, 7) is 3.09. The van der Waals surface area contributed by atoms with E-state index in [9.17, 15) is 4.79 Å². The molecule has 0 fully saturated rings. The summed E-state index contributed by atoms with van der Waals surface area (Å²) in [5.74, 6) is 0.773. The molecule has 1 aromatic heterocycles. The van der Waals surface area contributed by atoms with Gasteiger partial charge in [-0.2, -0.15) is 5.10 Å². The van der Waals surface area contributed by atoms with Crippen molar-refractivity contribution in [3.05, 3.63) is 53.4 Å². The average molecular weight is 283 g/mol. The number of methoxy groups -OCH3 is 1. The first kappa shape index (κ1) is 13.4. The van der Waals surface area contributed by atoms with Crippen LogP contribution in [0.25, 0.3) is 5.57 Å². The first-order valence-electron chi connectivity index (χ1n) is 6.82. The topological polar surface area (TPSA) is 58.2 Å². The fourth-order valence-electron chi connectivity index (χ4n) is 2.43. The largest absolute Gasteiger partial charge is 0.497 e. The van der Waals surface area contributed by atoms with Crippen LogP contribution in [-0.2, 0) is 0 Å². The van der Waals surface area contributed by atoms with Gasteiger partial charge in [0.1, 0.15) is 11.4 Å². The molecule has 0 spiro atoms. The maximum Gasteiger partial charge on any atom is 0.274 e. The first-order chi connectivity index (χ1) is 10.2. The monoisotopic (exact) mass is 283 g/mol. The predicted molar refractivity (Wildman–Crippen MR) is 80.2 cm³/mol. The number of hydrogen-bond acceptors (Lipinski definition) is 3. The second-order valence-electron chi connectivity index (χ2n) is 5.08. The Labute approximate surface area is 123 Å². The van der Waals surface area contributed by atoms with Crippen LogP contribution in [0.5, 0.6) is 5.75 Å². The number of carbonyl (C=O) groups excluding carboxylic acids is 1. The fraction of sp³-hybridized carbons (Fsp3) is 0.250. The van der Waals surface area contributed by atoms with Gasteiger partial charge in [0.25, 0.3) is 5.91 Å². The Morgan fingerprint density at radius 3 is 2.95 bits per heavy atom. The number of rotatable bonds is 3. The Balaban J connectivity index is 1.73. The molecule has 1 amide bonds. The first-order valence-corrected chi connectivity index (χ1v) is 6.82. The zero-order valence-corrected chi connectivity index (χ0v) is 12.1. The summed E-state index contributed by atoms with van der Waals surface area (Å²) in [4.78, 5) is 14.1. The van der Waals surface area contributed by atoms with Crippen molar-refractivity contribution in [1.82, 2.24) is 15.1 Å². The van der Waals surface area contributed by atoms with Crippen LogP contribution in [0.2, 0.25) is 0 Å². The Morgan fingerprint density at radius 1 is 1.38 bits per heavy atom. The third-order valence-corrected chi connectivity index (χ3v) is 3.57. The smallest absolute Gasteiger partial charge is 0.274 e. The van der Waals surface area contributed by atoms with Gasteiger partial charge in [0, 0.05) is 18.8 Å². The number of amides is 1. The fourth-order valence-corrected chi connectivity index (χ4v) is 2.43. The van der Waals surface area contributed by atoms with Crippen LogP contribution in [0.15, 0.2) is 36.4 Å². The maximum atomic E-state index is 12.3. The zero-order chi connectivity index (χ0) is 14.8. The molecule has 3 rings (SSSR count). The summed E-state index contributed by atoms with van der Waals surface area (Å²) in [6.07, 6.45) is 2.08. The Morgan fingerprint density at radius 2 is 2.24 bits per heavy atom. The molecule has 2 heterocycles. The van der Waals surface area contributed by atoms with Gasteiger partial charge >= 0.3 is 0 Å². The summed E-state index contributed by atoms with van der Waals surface area (Å²) in [5, 5.41) is 6.83. The number of hydrogen-bond donors (Lipinski definition) is 1. The minimum absolute atomic E-state index is 0.0477. The van der Waals surface area contributed by atoms with Crippen LogP contribution < -0.4 is 4.74 Å². The van der Waals surface area contributed by atoms with E-state index < -0.39 is 0 Å². The molecule has 108 valence electrons. The van der Waals surface area contributed by atoms with Gasteiger partial charge < -0.3 is 9.64 Å². The highest BCUT2D eigenvalue weighted by Crippen LogP contribution is 2.25. The van der Waals surface area contributed by atoms with Crippen LogP contribution >= 0.6 is 0 Å². The molecule has 0 bridgehead atoms. The number of nitrogens with zero attached hydrogens (tertiary/aromatic N) is 2. The number of aromatic nitrogens is 2. The highest BCUT2D eigenvalue weighted by Gasteiger charge is 2.23. The summed E-state index contributed by atoms with van der Waals surface area (Å²) < 4.78 is 5.24. The van der Waals surface area contributed by atoms with E-state index in [4.69, 9.17) is 4.74 Å². The SMILES string of the molecule is COc1cccc(C2=CCN(C(=O)c3cc(C)[nH]n3)C2)c1. The van der Waals surface area contributed by atoms with Gasteiger partial charge in [-0.1, -0.05) is 18.2 Å². The molecule has 21 heavy (non-hydrogen) atoms. The molecule has 0 saturated carbocycles. The van der Waals surface area contributed by atoms with Crippen LogP contribution in [0, 0.1) is 6.92 Å². The van der Waals surface area contributed by atoms with E-state index in [1.54, 1.807) is 18.1 Å². The molecule has 1 aromatic carbocycles. The lowest BCUT2D eigenvalue weighted by Gasteiger charge is -2.15. The number of aromatic amines is 1. The Kier molecular flexibility index (Phi) is 3.48. The van der Waals surface area contributed by atoms with Crippen LogP contribution in [0.3, 0.4) is 0 Å². The van der Waals surface area contributed by atoms with Crippen molar-refractivity contribution < 1.29 is 9.53 Å². The number of benzene rings is 1. The summed E-state index contributed by atoms with van der Waals surface area (Å²) in [6, 6.07) is 9.65. The van der Waals surface area contributed by atoms with Crippen molar-refractivity contribution in [2.24, 2.45) is 0 Å². The Bertz CT molecular complexity index is 703. The molecular weight excluding hydrogens is 266 g/mol. The van der Waals surface area contributed by atoms with Gasteiger partial charge in [-0.25, -0.2) is 0 Å². The Hall–Kier alpha value is -2.56. The summed E-state index contributed by atoms with van der Waals surface area (Å²) in [5.41, 5.74) is 3.57. The average Bonchev–Trinajstić information content (AvgIpc) is 3.15. The van der Waals surface area contributed by atoms with Crippen molar-refractivity contribution in [2.75, 3.05) is 20.2 Å². The van der Waals surface area contributed by atoms with Crippen molar-refractivity contribution in [1.29, 1.82) is 0 Å². The minimum Gasteiger partial charge on any atom is -0.497 e. The number of nitrogens with one attached hydrogen (secondary N) is 1. The highest BCUT2D eigenvalue weighted by molar-refractivity contribution is 5.94. The molecule has 0 atom stereocenters. The molecule has 0 radical (unpaired) electrons. The summed E-state index contributed by atoms with van der Waals surface area (Å²) >= 11 is 0. The lowest BCUT2D eigenvalue weighted by Crippen LogP contribution is -2.29. The minimum atomic E-state index is -0.0477. The van der Waals surface area contributed by atoms with Gasteiger partial charge in [0.2, 0.25) is 0 Å². The molecule has 5 nitrogen and oxygen atoms in total. The lowest BCUT2D eigenvalue weighted by molar-refractivity contribution is 0.0795. The van der Waals surface area contributed by atoms with Crippen molar-refractivity contribution in [3.63, 3.8) is 0 Å². The number of H-pyrrole nitrogens is 1. The van der Waals surface area contributed by atoms with E-state index in [0.717, 1.165) is 22.6 Å². The normalized spacial score (nSPS) is 14.2. The van der Waals surface area contributed by atoms with Gasteiger partial charge in [-0.05, 0) is 36.3 Å². The predicted octanol–water partition coefficient (Wildman–Crippen LogP) is 2.27. The van der Waals surface area contributed by atoms with Gasteiger partial charge in [0.15, 0.2) is 0 Å². The zero-order valence-electron chi connectivity index (χ0n) is 12.1. The van der Waals surface area contributed by atoms with Gasteiger partial charge in [0.05, 0.1) is 7.11 Å². The molecule has 0 unspecified atom stereocenters. The van der Waals surface area contributed by atoms with Crippen LogP contribution in [0.4, 0.5) is 0 Å². The molecule has 5 heteroatoms. The van der Waals surface area contributed by atoms with E-state index in [1.807, 2.05) is 31.2 Å². The van der Waals surface area contributed by atoms with Gasteiger partial charge in [-0.3, -0.25) is 9.89 Å². The number of aryl methyl sites for hydroxylation is 1. The van der Waals surface area contributed by atoms with Crippen molar-refractivity contribution >= 4 is 11.5 Å². The third kappa shape index (κ3) is 2.67. The van der Waals surface area contributed by atoms with Crippen molar-refractivity contribution in [3.8, 4) is 5.75 Å². The number of ether oxygens (including phenoxy) is 1. The van der Waals surface area contributed by atoms with E-state index in [-0.39, 0.29) is 5.91 Å². The van der Waals surface area contributed by atoms with Crippen molar-refractivity contribution in [2.45, 2.75) is 6.92 Å². The quantitative estimate of drug-likeness (QED) is 0.940. The van der Waals surface area contributed by atoms with Crippen LogP contribution in [-0.4, -0.2) is 41.2 Å². The number of carbonyl (C=O) groups is 1. The maximum absolute atomic E-state index is 12.3. The third-order valence-electron chi connectivity index (χ3n) is 3.57. The lowest BCUT2D eigenvalue weighted by atomic mass is 10.1. The molecule has 1 aliphatic rings. The van der Waals surface area contributed by atoms with Gasteiger partial charge in [-0.15, -0.1) is 0 Å². The van der Waals surface area contributed by atoms with E-state index >= 15 is 0 Å². The molecular formula is C16H17N3O2. The van der Waals surface area contributed by atoms with E-state index in [2.05, 4.69) is 16.3 Å². The van der Waals surface area contributed by atoms with E-state index in [0.29, 0.717) is 18.8 Å². The second kappa shape index (κ2) is 5.44. The molecule has 0 saturated heterocycles. The summed E-state index contributed by atoms with van der Waals surface area (Å²) in [7, 11) is 1.65. The van der Waals surface area contributed by atoms with Crippen LogP contribution in [0.1, 0.15) is 21.7 Å². The second-order valence-corrected chi connectivity index (χ2v) is 5.08. The standard InChI is InChI=1S/C16H17N3O2/c1-11-8-15(18-17-11)16(20)19-7-6-13(10-19)12-4-3-5-14(9-12)21-2/h3-6,8-9H,7,10H2,1-2H3,(H,17,18). The molecule has 0 aliphatic carbocycles. The highest BCUT2D eigenvalue weighted by atomic mass is 16.5.